The SMILES string of the molecule is COC(=O)c1cccc(N=C2CC(=O)CCC2c2ccc(Cl)cc2)c1I. The molecule has 1 aliphatic rings. The average Bonchev–Trinajstić information content (AvgIpc) is 2.64. The van der Waals surface area contributed by atoms with Crippen LogP contribution in [0.2, 0.25) is 5.02 Å². The Balaban J connectivity index is 2.02. The van der Waals surface area contributed by atoms with Crippen LogP contribution < -0.4 is 0 Å². The van der Waals surface area contributed by atoms with Crippen LogP contribution in [0.4, 0.5) is 5.69 Å². The van der Waals surface area contributed by atoms with E-state index in [9.17, 15) is 9.59 Å². The molecule has 6 heteroatoms. The molecule has 1 unspecified atom stereocenters. The first-order valence-electron chi connectivity index (χ1n) is 8.21. The molecule has 2 aromatic rings. The molecule has 0 amide bonds. The van der Waals surface area contributed by atoms with Crippen molar-refractivity contribution in [3.63, 3.8) is 0 Å². The Morgan fingerprint density at radius 2 is 1.96 bits per heavy atom. The van der Waals surface area contributed by atoms with Gasteiger partial charge in [-0.1, -0.05) is 29.8 Å². The molecule has 3 rings (SSSR count). The van der Waals surface area contributed by atoms with Gasteiger partial charge in [0.2, 0.25) is 0 Å². The highest BCUT2D eigenvalue weighted by molar-refractivity contribution is 14.1. The summed E-state index contributed by atoms with van der Waals surface area (Å²) in [6.45, 7) is 0. The summed E-state index contributed by atoms with van der Waals surface area (Å²) < 4.78 is 5.54. The first-order chi connectivity index (χ1) is 12.5. The van der Waals surface area contributed by atoms with E-state index in [0.29, 0.717) is 29.1 Å². The molecule has 0 aromatic heterocycles. The maximum absolute atomic E-state index is 12.0. The number of carbonyl (C=O) groups is 2. The first-order valence-corrected chi connectivity index (χ1v) is 9.66. The zero-order chi connectivity index (χ0) is 18.7. The minimum atomic E-state index is -0.398. The second-order valence-corrected chi connectivity index (χ2v) is 7.61. The normalized spacial score (nSPS) is 18.8. The minimum Gasteiger partial charge on any atom is -0.465 e. The molecular weight excluding hydrogens is 465 g/mol. The molecule has 134 valence electrons. The number of aliphatic imine (C=N–C) groups is 1. The van der Waals surface area contributed by atoms with Crippen molar-refractivity contribution >= 4 is 57.3 Å². The summed E-state index contributed by atoms with van der Waals surface area (Å²) in [5, 5.41) is 0.680. The van der Waals surface area contributed by atoms with Gasteiger partial charge < -0.3 is 4.74 Å². The number of Topliss-reactive ketones (excluding diaryl/α,β-unsaturated/α-hetero) is 1. The number of carbonyl (C=O) groups excluding carboxylic acids is 2. The lowest BCUT2D eigenvalue weighted by molar-refractivity contribution is -0.118. The van der Waals surface area contributed by atoms with Crippen LogP contribution in [0.15, 0.2) is 47.5 Å². The van der Waals surface area contributed by atoms with Gasteiger partial charge >= 0.3 is 5.97 Å². The van der Waals surface area contributed by atoms with Gasteiger partial charge in [-0.2, -0.15) is 0 Å². The van der Waals surface area contributed by atoms with Crippen LogP contribution in [-0.2, 0) is 9.53 Å². The quantitative estimate of drug-likeness (QED) is 0.439. The molecule has 1 saturated carbocycles. The van der Waals surface area contributed by atoms with Crippen molar-refractivity contribution in [1.29, 1.82) is 0 Å². The van der Waals surface area contributed by atoms with Crippen molar-refractivity contribution in [1.82, 2.24) is 0 Å². The van der Waals surface area contributed by atoms with Crippen molar-refractivity contribution in [2.45, 2.75) is 25.2 Å². The van der Waals surface area contributed by atoms with Crippen molar-refractivity contribution in [2.75, 3.05) is 7.11 Å². The van der Waals surface area contributed by atoms with Gasteiger partial charge in [0.05, 0.1) is 21.9 Å². The van der Waals surface area contributed by atoms with Gasteiger partial charge in [-0.3, -0.25) is 9.79 Å². The fourth-order valence-corrected chi connectivity index (χ4v) is 3.91. The Bertz CT molecular complexity index is 877. The number of hydrogen-bond acceptors (Lipinski definition) is 4. The van der Waals surface area contributed by atoms with E-state index in [2.05, 4.69) is 22.6 Å². The Hall–Kier alpha value is -1.73. The number of ether oxygens (including phenoxy) is 1. The van der Waals surface area contributed by atoms with Crippen LogP contribution in [0.3, 0.4) is 0 Å². The summed E-state index contributed by atoms with van der Waals surface area (Å²) in [5.74, 6) is -0.138. The number of benzene rings is 2. The highest BCUT2D eigenvalue weighted by Gasteiger charge is 2.27. The zero-order valence-corrected chi connectivity index (χ0v) is 17.1. The Kier molecular flexibility index (Phi) is 6.09. The number of nitrogens with zero attached hydrogens (tertiary/aromatic N) is 1. The largest absolute Gasteiger partial charge is 0.465 e. The maximum atomic E-state index is 12.0. The Morgan fingerprint density at radius 1 is 1.23 bits per heavy atom. The first kappa shape index (κ1) is 19.0. The van der Waals surface area contributed by atoms with Gasteiger partial charge in [-0.05, 0) is 58.8 Å². The third kappa shape index (κ3) is 4.15. The number of hydrogen-bond donors (Lipinski definition) is 0. The molecule has 0 radical (unpaired) electrons. The predicted octanol–water partition coefficient (Wildman–Crippen LogP) is 5.34. The van der Waals surface area contributed by atoms with Gasteiger partial charge in [0.1, 0.15) is 5.78 Å². The lowest BCUT2D eigenvalue weighted by Crippen LogP contribution is -2.23. The molecule has 1 fully saturated rings. The van der Waals surface area contributed by atoms with Crippen molar-refractivity contribution in [3.05, 3.63) is 62.2 Å². The standard InChI is InChI=1S/C20H17ClINO3/c1-26-20(25)16-3-2-4-17(19(16)22)23-18-11-14(24)9-10-15(18)12-5-7-13(21)8-6-12/h2-8,15H,9-11H2,1H3. The fraction of sp³-hybridized carbons (Fsp3) is 0.250. The van der Waals surface area contributed by atoms with Crippen molar-refractivity contribution in [2.24, 2.45) is 4.99 Å². The second-order valence-electron chi connectivity index (χ2n) is 6.09. The highest BCUT2D eigenvalue weighted by Crippen LogP contribution is 2.34. The van der Waals surface area contributed by atoms with Gasteiger partial charge in [0, 0.05) is 29.5 Å². The van der Waals surface area contributed by atoms with Crippen molar-refractivity contribution in [3.8, 4) is 0 Å². The van der Waals surface area contributed by atoms with E-state index < -0.39 is 5.97 Å². The second kappa shape index (κ2) is 8.31. The van der Waals surface area contributed by atoms with E-state index in [1.807, 2.05) is 30.3 Å². The molecule has 0 saturated heterocycles. The lowest BCUT2D eigenvalue weighted by Gasteiger charge is -2.24. The van der Waals surface area contributed by atoms with Crippen LogP contribution in [0.25, 0.3) is 0 Å². The van der Waals surface area contributed by atoms with E-state index >= 15 is 0 Å². The van der Waals surface area contributed by atoms with E-state index in [-0.39, 0.29) is 11.7 Å². The number of rotatable bonds is 3. The van der Waals surface area contributed by atoms with Crippen LogP contribution in [0, 0.1) is 3.57 Å². The Labute approximate surface area is 170 Å². The van der Waals surface area contributed by atoms with E-state index in [1.54, 1.807) is 12.1 Å². The highest BCUT2D eigenvalue weighted by atomic mass is 127. The molecule has 26 heavy (non-hydrogen) atoms. The predicted molar refractivity (Wildman–Crippen MR) is 111 cm³/mol. The van der Waals surface area contributed by atoms with Crippen LogP contribution in [0.1, 0.15) is 41.1 Å². The third-order valence-corrected chi connectivity index (χ3v) is 5.80. The van der Waals surface area contributed by atoms with Crippen LogP contribution >= 0.6 is 34.2 Å². The van der Waals surface area contributed by atoms with Crippen molar-refractivity contribution < 1.29 is 14.3 Å². The van der Waals surface area contributed by atoms with Gasteiger partial charge in [0.15, 0.2) is 0 Å². The van der Waals surface area contributed by atoms with Gasteiger partial charge in [-0.15, -0.1) is 0 Å². The van der Waals surface area contributed by atoms with Gasteiger partial charge in [0.25, 0.3) is 0 Å². The molecule has 0 N–H and O–H groups in total. The summed E-state index contributed by atoms with van der Waals surface area (Å²) >= 11 is 8.09. The topological polar surface area (TPSA) is 55.7 Å². The van der Waals surface area contributed by atoms with E-state index in [1.165, 1.54) is 7.11 Å². The summed E-state index contributed by atoms with van der Waals surface area (Å²) in [6.07, 6.45) is 1.60. The van der Waals surface area contributed by atoms with E-state index in [4.69, 9.17) is 21.3 Å². The monoisotopic (exact) mass is 481 g/mol. The molecule has 0 spiro atoms. The molecule has 0 bridgehead atoms. The minimum absolute atomic E-state index is 0.0718. The Morgan fingerprint density at radius 3 is 2.65 bits per heavy atom. The molecule has 2 aromatic carbocycles. The number of methoxy groups -OCH3 is 1. The zero-order valence-electron chi connectivity index (χ0n) is 14.2. The molecule has 1 aliphatic carbocycles. The molecule has 0 heterocycles. The van der Waals surface area contributed by atoms with Gasteiger partial charge in [-0.25, -0.2) is 4.79 Å². The maximum Gasteiger partial charge on any atom is 0.339 e. The summed E-state index contributed by atoms with van der Waals surface area (Å²) in [7, 11) is 1.35. The summed E-state index contributed by atoms with van der Waals surface area (Å²) in [6, 6.07) is 13.0. The number of ketones is 1. The third-order valence-electron chi connectivity index (χ3n) is 4.41. The summed E-state index contributed by atoms with van der Waals surface area (Å²) in [5.41, 5.74) is 3.07. The van der Waals surface area contributed by atoms with Crippen LogP contribution in [-0.4, -0.2) is 24.6 Å². The fourth-order valence-electron chi connectivity index (χ4n) is 3.09. The number of esters is 1. The lowest BCUT2D eigenvalue weighted by atomic mass is 9.81. The smallest absolute Gasteiger partial charge is 0.339 e. The van der Waals surface area contributed by atoms with Crippen LogP contribution in [0.5, 0.6) is 0 Å². The molecular formula is C20H17ClINO3. The average molecular weight is 482 g/mol. The molecule has 4 nitrogen and oxygen atoms in total. The molecule has 1 atom stereocenters. The van der Waals surface area contributed by atoms with E-state index in [0.717, 1.165) is 21.3 Å². The number of halogens is 2. The molecule has 0 aliphatic heterocycles. The summed E-state index contributed by atoms with van der Waals surface area (Å²) in [4.78, 5) is 28.7.